The Morgan fingerprint density at radius 3 is 2.57 bits per heavy atom. The Morgan fingerprint density at radius 2 is 1.95 bits per heavy atom. The molecule has 0 amide bonds. The first kappa shape index (κ1) is 16.5. The number of nitrogens with two attached hydrogens (primary N) is 1. The Hall–Kier alpha value is -0.910. The largest absolute Gasteiger partial charge is 0.399 e. The highest BCUT2D eigenvalue weighted by Crippen LogP contribution is 2.27. The first-order valence-electron chi connectivity index (χ1n) is 7.38. The van der Waals surface area contributed by atoms with Gasteiger partial charge in [0.2, 0.25) is 0 Å². The molecule has 21 heavy (non-hydrogen) atoms. The molecule has 1 heterocycles. The van der Waals surface area contributed by atoms with E-state index in [4.69, 9.17) is 14.7 Å². The van der Waals surface area contributed by atoms with Crippen LogP contribution in [0.25, 0.3) is 0 Å². The number of nitrogen functional groups attached to an aromatic ring is 1. The molecular formula is C16H27N2O2S+. The van der Waals surface area contributed by atoms with Crippen molar-refractivity contribution in [3.8, 4) is 0 Å². The zero-order valence-corrected chi connectivity index (χ0v) is 14.3. The van der Waals surface area contributed by atoms with E-state index in [0.717, 1.165) is 32.0 Å². The van der Waals surface area contributed by atoms with Gasteiger partial charge in [-0.1, -0.05) is 0 Å². The summed E-state index contributed by atoms with van der Waals surface area (Å²) in [5.41, 5.74) is 9.13. The van der Waals surface area contributed by atoms with Crippen LogP contribution in [0.4, 0.5) is 11.4 Å². The summed E-state index contributed by atoms with van der Waals surface area (Å²) in [5.74, 6) is 0. The van der Waals surface area contributed by atoms with Gasteiger partial charge in [-0.25, -0.2) is 0 Å². The number of nitrogens with zero attached hydrogens (tertiary/aromatic N) is 1. The van der Waals surface area contributed by atoms with Gasteiger partial charge >= 0.3 is 0 Å². The van der Waals surface area contributed by atoms with Crippen LogP contribution in [0.2, 0.25) is 0 Å². The zero-order chi connectivity index (χ0) is 15.5. The standard InChI is InChI=1S/C16H27N2O2S/c1-16(2,3)21(4)20-12-13-11-14(17)5-6-15(13)18-7-9-19-10-8-18/h5-6,11H,7-10,12,17H2,1-4H3/q+1. The molecule has 0 aromatic heterocycles. The lowest BCUT2D eigenvalue weighted by molar-refractivity contribution is 0.122. The van der Waals surface area contributed by atoms with Gasteiger partial charge in [0.15, 0.2) is 4.75 Å². The quantitative estimate of drug-likeness (QED) is 0.686. The maximum Gasteiger partial charge on any atom is 0.152 e. The number of morpholine rings is 1. The first-order chi connectivity index (χ1) is 9.88. The fourth-order valence-electron chi connectivity index (χ4n) is 2.16. The second-order valence-electron chi connectivity index (χ2n) is 6.32. The summed E-state index contributed by atoms with van der Waals surface area (Å²) in [7, 11) is 0. The molecule has 1 aromatic rings. The fraction of sp³-hybridized carbons (Fsp3) is 0.625. The van der Waals surface area contributed by atoms with Crippen LogP contribution in [-0.4, -0.2) is 37.3 Å². The monoisotopic (exact) mass is 311 g/mol. The van der Waals surface area contributed by atoms with Crippen molar-refractivity contribution in [2.75, 3.05) is 43.2 Å². The van der Waals surface area contributed by atoms with Gasteiger partial charge in [-0.2, -0.15) is 4.18 Å². The van der Waals surface area contributed by atoms with E-state index in [0.29, 0.717) is 6.61 Å². The third kappa shape index (κ3) is 4.53. The van der Waals surface area contributed by atoms with Gasteiger partial charge in [-0.3, -0.25) is 0 Å². The van der Waals surface area contributed by atoms with Crippen molar-refractivity contribution >= 4 is 22.6 Å². The molecule has 0 aliphatic carbocycles. The number of hydrogen-bond acceptors (Lipinski definition) is 4. The third-order valence-corrected chi connectivity index (χ3v) is 5.91. The minimum absolute atomic E-state index is 0.0917. The Kier molecular flexibility index (Phi) is 5.41. The normalized spacial score (nSPS) is 17.8. The first-order valence-corrected chi connectivity index (χ1v) is 8.94. The summed E-state index contributed by atoms with van der Waals surface area (Å²) in [4.78, 5) is 2.35. The molecule has 1 aliphatic heterocycles. The summed E-state index contributed by atoms with van der Waals surface area (Å²) >= 11 is -0.0917. The molecule has 1 fully saturated rings. The molecule has 1 unspecified atom stereocenters. The highest BCUT2D eigenvalue weighted by molar-refractivity contribution is 7.92. The predicted octanol–water partition coefficient (Wildman–Crippen LogP) is 2.58. The minimum atomic E-state index is -0.0917. The molecule has 1 atom stereocenters. The maximum absolute atomic E-state index is 6.09. The molecule has 0 saturated carbocycles. The Labute approximate surface area is 131 Å². The molecule has 118 valence electrons. The van der Waals surface area contributed by atoms with E-state index in [9.17, 15) is 0 Å². The van der Waals surface area contributed by atoms with Gasteiger partial charge in [-0.15, -0.1) is 0 Å². The Balaban J connectivity index is 2.11. The highest BCUT2D eigenvalue weighted by Gasteiger charge is 2.32. The van der Waals surface area contributed by atoms with E-state index in [2.05, 4.69) is 38.0 Å². The van der Waals surface area contributed by atoms with Gasteiger partial charge in [-0.05, 0) is 39.0 Å². The molecule has 0 spiro atoms. The summed E-state index contributed by atoms with van der Waals surface area (Å²) in [6.45, 7) is 10.6. The zero-order valence-electron chi connectivity index (χ0n) is 13.5. The number of ether oxygens (including phenoxy) is 1. The smallest absolute Gasteiger partial charge is 0.152 e. The second-order valence-corrected chi connectivity index (χ2v) is 8.68. The van der Waals surface area contributed by atoms with Crippen molar-refractivity contribution in [1.29, 1.82) is 0 Å². The van der Waals surface area contributed by atoms with E-state index >= 15 is 0 Å². The Bertz CT molecular complexity index is 468. The molecule has 4 nitrogen and oxygen atoms in total. The van der Waals surface area contributed by atoms with Crippen molar-refractivity contribution in [3.63, 3.8) is 0 Å². The molecule has 2 N–H and O–H groups in total. The molecule has 2 rings (SSSR count). The third-order valence-electron chi connectivity index (χ3n) is 3.71. The van der Waals surface area contributed by atoms with E-state index in [1.165, 1.54) is 11.3 Å². The van der Waals surface area contributed by atoms with Crippen LogP contribution in [0, 0.1) is 0 Å². The predicted molar refractivity (Wildman–Crippen MR) is 91.7 cm³/mol. The van der Waals surface area contributed by atoms with Crippen molar-refractivity contribution in [3.05, 3.63) is 23.8 Å². The van der Waals surface area contributed by atoms with Crippen LogP contribution in [0.3, 0.4) is 0 Å². The second kappa shape index (κ2) is 6.90. The number of hydrogen-bond donors (Lipinski definition) is 1. The lowest BCUT2D eigenvalue weighted by atomic mass is 10.1. The van der Waals surface area contributed by atoms with Gasteiger partial charge < -0.3 is 15.4 Å². The number of rotatable bonds is 4. The minimum Gasteiger partial charge on any atom is -0.399 e. The number of anilines is 2. The van der Waals surface area contributed by atoms with E-state index < -0.39 is 0 Å². The molecule has 1 saturated heterocycles. The van der Waals surface area contributed by atoms with Crippen molar-refractivity contribution in [1.82, 2.24) is 0 Å². The van der Waals surface area contributed by atoms with Gasteiger partial charge in [0, 0.05) is 30.0 Å². The fourth-order valence-corrected chi connectivity index (χ4v) is 2.82. The molecule has 1 aromatic carbocycles. The summed E-state index contributed by atoms with van der Waals surface area (Å²) in [6.07, 6.45) is 2.15. The van der Waals surface area contributed by atoms with Crippen molar-refractivity contribution in [2.45, 2.75) is 32.1 Å². The average molecular weight is 311 g/mol. The van der Waals surface area contributed by atoms with E-state index in [-0.39, 0.29) is 15.9 Å². The summed E-state index contributed by atoms with van der Waals surface area (Å²) in [6, 6.07) is 6.10. The topological polar surface area (TPSA) is 47.7 Å². The van der Waals surface area contributed by atoms with Crippen LogP contribution in [0.5, 0.6) is 0 Å². The van der Waals surface area contributed by atoms with Crippen LogP contribution in [0.1, 0.15) is 26.3 Å². The van der Waals surface area contributed by atoms with E-state index in [1.54, 1.807) is 0 Å². The summed E-state index contributed by atoms with van der Waals surface area (Å²) in [5, 5.41) is 0. The average Bonchev–Trinajstić information content (AvgIpc) is 2.44. The van der Waals surface area contributed by atoms with Crippen LogP contribution in [-0.2, 0) is 26.7 Å². The number of benzene rings is 1. The lowest BCUT2D eigenvalue weighted by Gasteiger charge is -2.30. The molecule has 1 aliphatic rings. The Morgan fingerprint density at radius 1 is 1.29 bits per heavy atom. The van der Waals surface area contributed by atoms with Crippen LogP contribution >= 0.6 is 0 Å². The van der Waals surface area contributed by atoms with Gasteiger partial charge in [0.05, 0.1) is 13.2 Å². The van der Waals surface area contributed by atoms with Crippen LogP contribution < -0.4 is 10.6 Å². The summed E-state index contributed by atoms with van der Waals surface area (Å²) < 4.78 is 11.7. The molecule has 0 bridgehead atoms. The molecule has 0 radical (unpaired) electrons. The van der Waals surface area contributed by atoms with Crippen molar-refractivity contribution < 1.29 is 8.92 Å². The van der Waals surface area contributed by atoms with Crippen molar-refractivity contribution in [2.24, 2.45) is 0 Å². The molecule has 5 heteroatoms. The van der Waals surface area contributed by atoms with Gasteiger partial charge in [0.1, 0.15) is 24.0 Å². The van der Waals surface area contributed by atoms with E-state index in [1.807, 2.05) is 12.1 Å². The maximum atomic E-state index is 6.09. The highest BCUT2D eigenvalue weighted by atomic mass is 32.2. The lowest BCUT2D eigenvalue weighted by Crippen LogP contribution is -2.37. The molecular weight excluding hydrogens is 284 g/mol. The van der Waals surface area contributed by atoms with Gasteiger partial charge in [0.25, 0.3) is 0 Å². The SMILES string of the molecule is C[S+](OCc1cc(N)ccc1N1CCOCC1)C(C)(C)C. The van der Waals surface area contributed by atoms with Crippen LogP contribution in [0.15, 0.2) is 18.2 Å².